The quantitative estimate of drug-likeness (QED) is 0.0350. The zero-order valence-electron chi connectivity index (χ0n) is 32.4. The van der Waals surface area contributed by atoms with Crippen LogP contribution in [0.2, 0.25) is 0 Å². The monoisotopic (exact) mass is 720 g/mol. The fourth-order valence-corrected chi connectivity index (χ4v) is 8.22. The highest BCUT2D eigenvalue weighted by Crippen LogP contribution is 2.44. The number of carbonyl (C=O) groups excluding carboxylic acids is 5. The topological polar surface area (TPSA) is 175 Å². The largest absolute Gasteiger partial charge is 0.386 e. The maximum atomic E-state index is 14.4. The van der Waals surface area contributed by atoms with Crippen molar-refractivity contribution in [1.82, 2.24) is 10.2 Å². The molecule has 1 aromatic rings. The van der Waals surface area contributed by atoms with E-state index in [-0.39, 0.29) is 83.3 Å². The average molecular weight is 721 g/mol. The summed E-state index contributed by atoms with van der Waals surface area (Å²) in [7, 11) is 0. The highest BCUT2D eigenvalue weighted by Gasteiger charge is 2.51. The Labute approximate surface area is 311 Å². The molecule has 1 heterocycles. The molecule has 0 aromatic heterocycles. The second-order valence-electron chi connectivity index (χ2n) is 16.0. The average Bonchev–Trinajstić information content (AvgIpc) is 3.72. The van der Waals surface area contributed by atoms with Gasteiger partial charge in [0.05, 0.1) is 6.04 Å². The van der Waals surface area contributed by atoms with E-state index >= 15 is 0 Å². The molecule has 1 aliphatic carbocycles. The number of amides is 2. The van der Waals surface area contributed by atoms with Crippen molar-refractivity contribution in [2.45, 2.75) is 143 Å². The molecule has 52 heavy (non-hydrogen) atoms. The number of hydrogen-bond donors (Lipinski definition) is 3. The van der Waals surface area contributed by atoms with Crippen LogP contribution in [0.25, 0.3) is 0 Å². The van der Waals surface area contributed by atoms with Gasteiger partial charge >= 0.3 is 0 Å². The van der Waals surface area contributed by atoms with Gasteiger partial charge in [-0.15, -0.1) is 5.10 Å². The van der Waals surface area contributed by atoms with Gasteiger partial charge in [0.25, 0.3) is 0 Å². The molecule has 1 saturated carbocycles. The summed E-state index contributed by atoms with van der Waals surface area (Å²) in [5.74, 6) is -1.07. The number of benzene rings is 1. The number of fused-ring (bicyclic) bond motifs is 1. The molecular weight excluding hydrogens is 656 g/mol. The van der Waals surface area contributed by atoms with Crippen LogP contribution < -0.4 is 11.1 Å². The van der Waals surface area contributed by atoms with Crippen LogP contribution in [0.1, 0.15) is 136 Å². The lowest BCUT2D eigenvalue weighted by molar-refractivity contribution is -0.144. The van der Waals surface area contributed by atoms with E-state index < -0.39 is 18.0 Å². The summed E-state index contributed by atoms with van der Waals surface area (Å²) in [5, 5.41) is 9.41. The molecule has 1 saturated heterocycles. The van der Waals surface area contributed by atoms with E-state index in [1.807, 2.05) is 52.8 Å². The molecule has 11 heteroatoms. The number of hydrogen-bond acceptors (Lipinski definition) is 7. The third-order valence-electron chi connectivity index (χ3n) is 11.4. The number of likely N-dealkylation sites (tertiary alicyclic amines) is 1. The molecule has 2 aliphatic rings. The Balaban J connectivity index is 1.69. The van der Waals surface area contributed by atoms with Gasteiger partial charge in [-0.1, -0.05) is 89.9 Å². The number of rotatable bonds is 23. The predicted molar refractivity (Wildman–Crippen MR) is 203 cm³/mol. The van der Waals surface area contributed by atoms with E-state index in [1.54, 1.807) is 4.90 Å². The van der Waals surface area contributed by atoms with Gasteiger partial charge in [0, 0.05) is 50.5 Å². The zero-order valence-corrected chi connectivity index (χ0v) is 32.4. The molecule has 2 amide bonds. The molecule has 1 aromatic carbocycles. The Morgan fingerprint density at radius 1 is 0.923 bits per heavy atom. The Morgan fingerprint density at radius 2 is 1.62 bits per heavy atom. The van der Waals surface area contributed by atoms with Crippen molar-refractivity contribution in [1.29, 1.82) is 5.53 Å². The minimum absolute atomic E-state index is 0.0349. The first kappa shape index (κ1) is 42.7. The van der Waals surface area contributed by atoms with Crippen molar-refractivity contribution in [3.63, 3.8) is 0 Å². The van der Waals surface area contributed by atoms with Crippen LogP contribution in [0.15, 0.2) is 40.7 Å². The molecule has 3 rings (SSSR count). The Kier molecular flexibility index (Phi) is 17.3. The summed E-state index contributed by atoms with van der Waals surface area (Å²) in [5.41, 5.74) is 13.6. The highest BCUT2D eigenvalue weighted by molar-refractivity contribution is 5.96. The number of ketones is 3. The standard InChI is InChI=1S/C41H64N6O5/c1-7-14-30(35(49)22-21-28(6)29-15-9-8-10-16-29)23-36(50)39-33-19-13-17-31(33)25-47(39)41(52)38(27(4)5)44-40(51)34(26(2)3)24-32(48)18-11-12-20-37(42)45-46-43/h8-10,15-16,26-28,30-31,33-34,38-39H,7,11-14,17-25H2,1-6H3,(H,44,51)(H3,42,43,45)/t28-,30?,31-,33-,34+,38-,39-/m0/s1. The molecule has 2 fully saturated rings. The molecular formula is C41H64N6O5. The van der Waals surface area contributed by atoms with Gasteiger partial charge in [-0.25, -0.2) is 0 Å². The maximum Gasteiger partial charge on any atom is 0.246 e. The van der Waals surface area contributed by atoms with E-state index in [2.05, 4.69) is 34.7 Å². The third-order valence-corrected chi connectivity index (χ3v) is 11.4. The number of Topliss-reactive ketones (excluding diaryl/α,β-unsaturated/α-hetero) is 3. The fraction of sp³-hybridized carbons (Fsp3) is 0.707. The van der Waals surface area contributed by atoms with Crippen LogP contribution in [0.4, 0.5) is 0 Å². The van der Waals surface area contributed by atoms with Crippen molar-refractivity contribution in [2.75, 3.05) is 6.54 Å². The van der Waals surface area contributed by atoms with E-state index in [1.165, 1.54) is 5.56 Å². The minimum atomic E-state index is -0.838. The van der Waals surface area contributed by atoms with Gasteiger partial charge in [-0.3, -0.25) is 24.0 Å². The van der Waals surface area contributed by atoms with Gasteiger partial charge in [0.1, 0.15) is 23.4 Å². The van der Waals surface area contributed by atoms with Crippen LogP contribution in [-0.2, 0) is 24.0 Å². The Hall–Kier alpha value is -3.76. The van der Waals surface area contributed by atoms with Gasteiger partial charge in [-0.2, -0.15) is 5.53 Å². The molecule has 0 bridgehead atoms. The Morgan fingerprint density at radius 3 is 2.25 bits per heavy atom. The maximum absolute atomic E-state index is 14.4. The number of nitrogens with one attached hydrogen (secondary N) is 2. The van der Waals surface area contributed by atoms with Crippen molar-refractivity contribution < 1.29 is 24.0 Å². The molecule has 288 valence electrons. The summed E-state index contributed by atoms with van der Waals surface area (Å²) in [6.45, 7) is 12.2. The summed E-state index contributed by atoms with van der Waals surface area (Å²) < 4.78 is 0. The van der Waals surface area contributed by atoms with Crippen molar-refractivity contribution >= 4 is 35.0 Å². The highest BCUT2D eigenvalue weighted by atomic mass is 16.2. The van der Waals surface area contributed by atoms with Crippen LogP contribution >= 0.6 is 0 Å². The lowest BCUT2D eigenvalue weighted by Gasteiger charge is -2.33. The number of nitrogens with two attached hydrogens (primary N) is 1. The lowest BCUT2D eigenvalue weighted by Crippen LogP contribution is -2.56. The molecule has 0 radical (unpaired) electrons. The Bertz CT molecular complexity index is 1390. The van der Waals surface area contributed by atoms with Gasteiger partial charge < -0.3 is 16.0 Å². The minimum Gasteiger partial charge on any atom is -0.386 e. The molecule has 11 nitrogen and oxygen atoms in total. The van der Waals surface area contributed by atoms with Crippen molar-refractivity contribution in [2.24, 2.45) is 51.6 Å². The molecule has 7 atom stereocenters. The molecule has 1 aliphatic heterocycles. The molecule has 4 N–H and O–H groups in total. The number of carbonyl (C=O) groups is 5. The van der Waals surface area contributed by atoms with Crippen LogP contribution in [0, 0.1) is 41.0 Å². The SMILES string of the molecule is CCCC(CC(=O)[C@@H]1[C@H]2CCC[C@H]2CN1C(=O)[C@@H](NC(=O)[C@H](CC(=O)CCCCC(N)=NN=N)C(C)C)C(C)C)C(=O)CC[C@H](C)c1ccccc1. The number of unbranched alkanes of at least 4 members (excludes halogenated alkanes) is 1. The van der Waals surface area contributed by atoms with Crippen LogP contribution in [-0.4, -0.2) is 58.5 Å². The second-order valence-corrected chi connectivity index (χ2v) is 16.0. The summed E-state index contributed by atoms with van der Waals surface area (Å²) in [6, 6.07) is 8.74. The fourth-order valence-electron chi connectivity index (χ4n) is 8.22. The molecule has 0 spiro atoms. The summed E-state index contributed by atoms with van der Waals surface area (Å²) in [4.78, 5) is 70.6. The van der Waals surface area contributed by atoms with Crippen molar-refractivity contribution in [3.8, 4) is 0 Å². The van der Waals surface area contributed by atoms with E-state index in [4.69, 9.17) is 11.3 Å². The van der Waals surface area contributed by atoms with Gasteiger partial charge in [-0.05, 0) is 73.7 Å². The van der Waals surface area contributed by atoms with E-state index in [0.29, 0.717) is 45.1 Å². The lowest BCUT2D eigenvalue weighted by atomic mass is 9.83. The first-order valence-electron chi connectivity index (χ1n) is 19.7. The predicted octanol–water partition coefficient (Wildman–Crippen LogP) is 7.38. The smallest absolute Gasteiger partial charge is 0.246 e. The van der Waals surface area contributed by atoms with Crippen molar-refractivity contribution in [3.05, 3.63) is 35.9 Å². The van der Waals surface area contributed by atoms with Gasteiger partial charge in [0.15, 0.2) is 5.78 Å². The third kappa shape index (κ3) is 12.2. The second kappa shape index (κ2) is 21.1. The zero-order chi connectivity index (χ0) is 38.4. The number of nitrogens with zero attached hydrogens (tertiary/aromatic N) is 3. The van der Waals surface area contributed by atoms with E-state index in [9.17, 15) is 24.0 Å². The molecule has 1 unspecified atom stereocenters. The number of amidine groups is 1. The summed E-state index contributed by atoms with van der Waals surface area (Å²) in [6.07, 6.45) is 7.58. The van der Waals surface area contributed by atoms with Crippen LogP contribution in [0.3, 0.4) is 0 Å². The summed E-state index contributed by atoms with van der Waals surface area (Å²) >= 11 is 0. The van der Waals surface area contributed by atoms with Gasteiger partial charge in [0.2, 0.25) is 11.8 Å². The first-order chi connectivity index (χ1) is 24.8. The van der Waals surface area contributed by atoms with E-state index in [0.717, 1.165) is 32.1 Å². The van der Waals surface area contributed by atoms with Crippen LogP contribution in [0.5, 0.6) is 0 Å². The normalized spacial score (nSPS) is 21.0. The first-order valence-corrected chi connectivity index (χ1v) is 19.7.